The van der Waals surface area contributed by atoms with Gasteiger partial charge in [0.2, 0.25) is 0 Å². The van der Waals surface area contributed by atoms with Crippen molar-refractivity contribution in [2.24, 2.45) is 0 Å². The number of fused-ring (bicyclic) bond motifs is 1. The van der Waals surface area contributed by atoms with E-state index in [1.54, 1.807) is 12.1 Å². The second-order valence-corrected chi connectivity index (χ2v) is 10.3. The topological polar surface area (TPSA) is 77.4 Å². The molecule has 6 nitrogen and oxygen atoms in total. The Hall–Kier alpha value is -4.94. The molecule has 2 atom stereocenters. The van der Waals surface area contributed by atoms with Gasteiger partial charge in [-0.15, -0.1) is 0 Å². The average molecular weight is 561 g/mol. The van der Waals surface area contributed by atoms with Crippen LogP contribution in [0.2, 0.25) is 0 Å². The van der Waals surface area contributed by atoms with Crippen molar-refractivity contribution in [2.75, 3.05) is 0 Å². The molecule has 6 heteroatoms. The highest BCUT2D eigenvalue weighted by Gasteiger charge is 2.33. The van der Waals surface area contributed by atoms with Crippen molar-refractivity contribution in [1.29, 1.82) is 0 Å². The number of aliphatic hydroxyl groups excluding tert-OH is 1. The van der Waals surface area contributed by atoms with Gasteiger partial charge in [0.05, 0.1) is 6.10 Å². The molecule has 1 heterocycles. The fourth-order valence-corrected chi connectivity index (χ4v) is 5.00. The number of ether oxygens (including phenoxy) is 4. The first-order valence-electron chi connectivity index (χ1n) is 14.0. The number of benzene rings is 5. The zero-order valence-electron chi connectivity index (χ0n) is 23.1. The van der Waals surface area contributed by atoms with E-state index in [4.69, 9.17) is 18.9 Å². The first-order valence-corrected chi connectivity index (χ1v) is 14.0. The molecule has 0 aliphatic carbocycles. The molecule has 0 saturated heterocycles. The molecule has 0 spiro atoms. The van der Waals surface area contributed by atoms with Crippen molar-refractivity contribution in [3.05, 3.63) is 149 Å². The quantitative estimate of drug-likeness (QED) is 0.189. The summed E-state index contributed by atoms with van der Waals surface area (Å²) < 4.78 is 24.7. The Labute approximate surface area is 245 Å². The lowest BCUT2D eigenvalue weighted by atomic mass is 9.93. The summed E-state index contributed by atoms with van der Waals surface area (Å²) in [7, 11) is 0. The van der Waals surface area contributed by atoms with Gasteiger partial charge in [0, 0.05) is 24.1 Å². The Kier molecular flexibility index (Phi) is 8.24. The third kappa shape index (κ3) is 6.51. The molecule has 5 aromatic rings. The summed E-state index contributed by atoms with van der Waals surface area (Å²) in [5.74, 6) is 2.14. The van der Waals surface area contributed by atoms with E-state index < -0.39 is 12.2 Å². The van der Waals surface area contributed by atoms with Gasteiger partial charge >= 0.3 is 0 Å². The maximum Gasteiger partial charge on any atom is 0.162 e. The summed E-state index contributed by atoms with van der Waals surface area (Å²) in [6.45, 7) is 1.09. The van der Waals surface area contributed by atoms with Crippen LogP contribution in [0.5, 0.6) is 28.7 Å². The number of aliphatic hydroxyl groups is 1. The van der Waals surface area contributed by atoms with Gasteiger partial charge in [-0.3, -0.25) is 0 Å². The molecule has 0 amide bonds. The van der Waals surface area contributed by atoms with Crippen LogP contribution in [0.15, 0.2) is 121 Å². The second kappa shape index (κ2) is 12.7. The Bertz CT molecular complexity index is 1610. The van der Waals surface area contributed by atoms with E-state index in [9.17, 15) is 10.2 Å². The first-order chi connectivity index (χ1) is 20.6. The van der Waals surface area contributed by atoms with E-state index in [0.29, 0.717) is 49.2 Å². The molecule has 0 radical (unpaired) electrons. The number of phenols is 1. The van der Waals surface area contributed by atoms with Crippen LogP contribution in [0.4, 0.5) is 0 Å². The van der Waals surface area contributed by atoms with Gasteiger partial charge < -0.3 is 29.2 Å². The molecule has 0 aromatic heterocycles. The molecular formula is C36H32O6. The number of phenolic OH excluding ortho intramolecular Hbond substituents is 1. The molecule has 1 aliphatic rings. The van der Waals surface area contributed by atoms with E-state index >= 15 is 0 Å². The van der Waals surface area contributed by atoms with Gasteiger partial charge in [-0.05, 0) is 34.4 Å². The molecule has 212 valence electrons. The average Bonchev–Trinajstić information content (AvgIpc) is 3.03. The SMILES string of the molecule is Oc1cc(OCc2ccccc2)c2c(c1)O[C@H](c1ccc(OCc3ccccc3)c(OCc3ccccc3)c1)[C@H](O)C2. The third-order valence-corrected chi connectivity index (χ3v) is 7.18. The van der Waals surface area contributed by atoms with Crippen LogP contribution in [0.1, 0.15) is 33.9 Å². The summed E-state index contributed by atoms with van der Waals surface area (Å²) in [5, 5.41) is 21.7. The predicted molar refractivity (Wildman–Crippen MR) is 160 cm³/mol. The number of rotatable bonds is 10. The van der Waals surface area contributed by atoms with E-state index in [-0.39, 0.29) is 5.75 Å². The molecular weight excluding hydrogens is 528 g/mol. The van der Waals surface area contributed by atoms with Crippen LogP contribution < -0.4 is 18.9 Å². The Balaban J connectivity index is 1.24. The van der Waals surface area contributed by atoms with E-state index in [0.717, 1.165) is 27.8 Å². The summed E-state index contributed by atoms with van der Waals surface area (Å²) in [5.41, 5.74) is 4.53. The maximum absolute atomic E-state index is 11.3. The molecule has 0 fully saturated rings. The minimum atomic E-state index is -0.848. The summed E-state index contributed by atoms with van der Waals surface area (Å²) in [4.78, 5) is 0. The number of aromatic hydroxyl groups is 1. The van der Waals surface area contributed by atoms with Gasteiger partial charge in [0.25, 0.3) is 0 Å². The van der Waals surface area contributed by atoms with Crippen molar-refractivity contribution in [1.82, 2.24) is 0 Å². The van der Waals surface area contributed by atoms with E-state index in [1.807, 2.05) is 109 Å². The van der Waals surface area contributed by atoms with Crippen molar-refractivity contribution >= 4 is 0 Å². The fraction of sp³-hybridized carbons (Fsp3) is 0.167. The molecule has 5 aromatic carbocycles. The fourth-order valence-electron chi connectivity index (χ4n) is 5.00. The lowest BCUT2D eigenvalue weighted by Gasteiger charge is -2.32. The Morgan fingerprint density at radius 1 is 0.595 bits per heavy atom. The summed E-state index contributed by atoms with van der Waals surface area (Å²) in [6, 6.07) is 38.4. The van der Waals surface area contributed by atoms with Crippen LogP contribution >= 0.6 is 0 Å². The van der Waals surface area contributed by atoms with Crippen LogP contribution in [0, 0.1) is 0 Å². The number of hydrogen-bond donors (Lipinski definition) is 2. The van der Waals surface area contributed by atoms with E-state index in [1.165, 1.54) is 0 Å². The molecule has 0 unspecified atom stereocenters. The lowest BCUT2D eigenvalue weighted by Crippen LogP contribution is -2.30. The van der Waals surface area contributed by atoms with Crippen molar-refractivity contribution in [3.8, 4) is 28.7 Å². The number of hydrogen-bond acceptors (Lipinski definition) is 6. The molecule has 0 saturated carbocycles. The largest absolute Gasteiger partial charge is 0.508 e. The smallest absolute Gasteiger partial charge is 0.162 e. The molecule has 2 N–H and O–H groups in total. The minimum Gasteiger partial charge on any atom is -0.508 e. The van der Waals surface area contributed by atoms with Gasteiger partial charge in [0.1, 0.15) is 43.2 Å². The van der Waals surface area contributed by atoms with Crippen LogP contribution in [-0.4, -0.2) is 16.3 Å². The normalized spacial score (nSPS) is 15.7. The molecule has 0 bridgehead atoms. The predicted octanol–water partition coefficient (Wildman–Crippen LogP) is 7.17. The minimum absolute atomic E-state index is 0.0310. The molecule has 1 aliphatic heterocycles. The van der Waals surface area contributed by atoms with Gasteiger partial charge in [-0.2, -0.15) is 0 Å². The monoisotopic (exact) mass is 560 g/mol. The molecule has 6 rings (SSSR count). The Morgan fingerprint density at radius 2 is 1.12 bits per heavy atom. The second-order valence-electron chi connectivity index (χ2n) is 10.3. The highest BCUT2D eigenvalue weighted by Crippen LogP contribution is 2.44. The van der Waals surface area contributed by atoms with Crippen LogP contribution in [0.3, 0.4) is 0 Å². The highest BCUT2D eigenvalue weighted by molar-refractivity contribution is 5.53. The van der Waals surface area contributed by atoms with Gasteiger partial charge in [-0.1, -0.05) is 97.1 Å². The van der Waals surface area contributed by atoms with Crippen molar-refractivity contribution < 1.29 is 29.2 Å². The van der Waals surface area contributed by atoms with E-state index in [2.05, 4.69) is 0 Å². The molecule has 42 heavy (non-hydrogen) atoms. The zero-order valence-corrected chi connectivity index (χ0v) is 23.1. The van der Waals surface area contributed by atoms with Crippen LogP contribution in [-0.2, 0) is 26.2 Å². The van der Waals surface area contributed by atoms with Gasteiger partial charge in [-0.25, -0.2) is 0 Å². The first kappa shape index (κ1) is 27.2. The highest BCUT2D eigenvalue weighted by atomic mass is 16.5. The summed E-state index contributed by atoms with van der Waals surface area (Å²) in [6.07, 6.45) is -1.22. The summed E-state index contributed by atoms with van der Waals surface area (Å²) >= 11 is 0. The van der Waals surface area contributed by atoms with Crippen LogP contribution in [0.25, 0.3) is 0 Å². The standard InChI is InChI=1S/C36H32O6/c37-29-19-33(40-23-26-12-6-2-7-13-26)30-21-31(38)36(42-34(30)20-29)28-16-17-32(39-22-25-10-4-1-5-11-25)35(18-28)41-24-27-14-8-3-9-15-27/h1-20,31,36-38H,21-24H2/t31-,36-/m1/s1. The van der Waals surface area contributed by atoms with Gasteiger partial charge in [0.15, 0.2) is 11.5 Å². The Morgan fingerprint density at radius 3 is 1.69 bits per heavy atom. The lowest BCUT2D eigenvalue weighted by molar-refractivity contribution is 0.0193. The zero-order chi connectivity index (χ0) is 28.7. The maximum atomic E-state index is 11.3. The van der Waals surface area contributed by atoms with Crippen molar-refractivity contribution in [3.63, 3.8) is 0 Å². The van der Waals surface area contributed by atoms with Crippen molar-refractivity contribution in [2.45, 2.75) is 38.4 Å². The third-order valence-electron chi connectivity index (χ3n) is 7.18.